The molecule has 2 aliphatic heterocycles. The Morgan fingerprint density at radius 3 is 2.44 bits per heavy atom. The molecule has 0 unspecified atom stereocenters. The number of nitrogens with one attached hydrogen (secondary N) is 1. The van der Waals surface area contributed by atoms with E-state index >= 15 is 0 Å². The SMILES string of the molecule is CC(=O)N1CCN(C)[C@H](C(=O)N2CCC(C)(c3[nH]ncc3C)CC2)C1. The van der Waals surface area contributed by atoms with E-state index in [2.05, 4.69) is 28.9 Å². The molecule has 0 aromatic carbocycles. The second kappa shape index (κ2) is 6.78. The highest BCUT2D eigenvalue weighted by Gasteiger charge is 2.39. The highest BCUT2D eigenvalue weighted by Crippen LogP contribution is 2.35. The molecule has 1 aromatic rings. The summed E-state index contributed by atoms with van der Waals surface area (Å²) in [6, 6.07) is -0.226. The van der Waals surface area contributed by atoms with Gasteiger partial charge in [-0.3, -0.25) is 19.6 Å². The first-order chi connectivity index (χ1) is 11.8. The van der Waals surface area contributed by atoms with Crippen LogP contribution >= 0.6 is 0 Å². The summed E-state index contributed by atoms with van der Waals surface area (Å²) in [7, 11) is 1.97. The molecule has 2 amide bonds. The molecule has 2 fully saturated rings. The van der Waals surface area contributed by atoms with Gasteiger partial charge in [0.1, 0.15) is 6.04 Å². The maximum atomic E-state index is 13.0. The number of aromatic nitrogens is 2. The van der Waals surface area contributed by atoms with Crippen molar-refractivity contribution < 1.29 is 9.59 Å². The van der Waals surface area contributed by atoms with Gasteiger partial charge in [-0.25, -0.2) is 0 Å². The van der Waals surface area contributed by atoms with Gasteiger partial charge in [0, 0.05) is 50.8 Å². The van der Waals surface area contributed by atoms with Crippen LogP contribution in [0, 0.1) is 6.92 Å². The van der Waals surface area contributed by atoms with Crippen molar-refractivity contribution in [3.63, 3.8) is 0 Å². The number of amides is 2. The predicted molar refractivity (Wildman–Crippen MR) is 95.2 cm³/mol. The molecule has 1 atom stereocenters. The Labute approximate surface area is 149 Å². The standard InChI is InChI=1S/C18H29N5O2/c1-13-11-19-20-16(13)18(3)5-7-22(8-6-18)17(25)15-12-23(14(2)24)10-9-21(15)4/h11,15H,5-10,12H2,1-4H3,(H,19,20)/t15-/m0/s1. The van der Waals surface area contributed by atoms with Crippen molar-refractivity contribution in [2.75, 3.05) is 39.8 Å². The van der Waals surface area contributed by atoms with E-state index in [-0.39, 0.29) is 23.3 Å². The maximum Gasteiger partial charge on any atom is 0.241 e. The molecule has 25 heavy (non-hydrogen) atoms. The number of hydrogen-bond acceptors (Lipinski definition) is 4. The van der Waals surface area contributed by atoms with E-state index in [9.17, 15) is 9.59 Å². The Kier molecular flexibility index (Phi) is 4.86. The van der Waals surface area contributed by atoms with E-state index in [0.29, 0.717) is 13.1 Å². The van der Waals surface area contributed by atoms with Crippen molar-refractivity contribution in [3.05, 3.63) is 17.5 Å². The summed E-state index contributed by atoms with van der Waals surface area (Å²) < 4.78 is 0. The van der Waals surface area contributed by atoms with Gasteiger partial charge in [0.15, 0.2) is 0 Å². The number of piperidine rings is 1. The van der Waals surface area contributed by atoms with Crippen molar-refractivity contribution in [2.24, 2.45) is 0 Å². The second-order valence-electron chi connectivity index (χ2n) is 7.78. The summed E-state index contributed by atoms with van der Waals surface area (Å²) in [6.07, 6.45) is 3.72. The third-order valence-electron chi connectivity index (χ3n) is 5.99. The summed E-state index contributed by atoms with van der Waals surface area (Å²) in [4.78, 5) is 30.5. The van der Waals surface area contributed by atoms with Gasteiger partial charge in [-0.15, -0.1) is 0 Å². The lowest BCUT2D eigenvalue weighted by molar-refractivity contribution is -0.143. The smallest absolute Gasteiger partial charge is 0.241 e. The molecule has 1 N–H and O–H groups in total. The number of rotatable bonds is 2. The average Bonchev–Trinajstić information content (AvgIpc) is 3.02. The normalized spacial score (nSPS) is 24.4. The van der Waals surface area contributed by atoms with Crippen LogP contribution in [0.25, 0.3) is 0 Å². The number of nitrogens with zero attached hydrogens (tertiary/aromatic N) is 4. The Hall–Kier alpha value is -1.89. The minimum atomic E-state index is -0.226. The number of carbonyl (C=O) groups is 2. The number of hydrogen-bond donors (Lipinski definition) is 1. The second-order valence-corrected chi connectivity index (χ2v) is 7.78. The third-order valence-corrected chi connectivity index (χ3v) is 5.99. The molecule has 138 valence electrons. The largest absolute Gasteiger partial charge is 0.341 e. The van der Waals surface area contributed by atoms with E-state index in [4.69, 9.17) is 0 Å². The van der Waals surface area contributed by atoms with Crippen molar-refractivity contribution >= 4 is 11.8 Å². The van der Waals surface area contributed by atoms with E-state index in [1.54, 1.807) is 11.8 Å². The molecule has 7 heteroatoms. The van der Waals surface area contributed by atoms with Crippen LogP contribution < -0.4 is 0 Å². The molecule has 0 bridgehead atoms. The van der Waals surface area contributed by atoms with Gasteiger partial charge in [-0.05, 0) is 32.4 Å². The van der Waals surface area contributed by atoms with E-state index < -0.39 is 0 Å². The van der Waals surface area contributed by atoms with Crippen LogP contribution in [0.4, 0.5) is 0 Å². The summed E-state index contributed by atoms with van der Waals surface area (Å²) in [5.41, 5.74) is 2.42. The van der Waals surface area contributed by atoms with Crippen LogP contribution in [0.15, 0.2) is 6.20 Å². The number of likely N-dealkylation sites (N-methyl/N-ethyl adjacent to an activating group) is 1. The zero-order valence-electron chi connectivity index (χ0n) is 15.7. The van der Waals surface area contributed by atoms with E-state index in [0.717, 1.165) is 32.5 Å². The van der Waals surface area contributed by atoms with Gasteiger partial charge in [0.05, 0.1) is 6.20 Å². The molecular weight excluding hydrogens is 318 g/mol. The third kappa shape index (κ3) is 3.42. The number of aryl methyl sites for hydroxylation is 1. The topological polar surface area (TPSA) is 72.5 Å². The quantitative estimate of drug-likeness (QED) is 0.857. The highest BCUT2D eigenvalue weighted by atomic mass is 16.2. The van der Waals surface area contributed by atoms with Gasteiger partial charge in [0.2, 0.25) is 11.8 Å². The number of H-pyrrole nitrogens is 1. The molecule has 2 saturated heterocycles. The van der Waals surface area contributed by atoms with Crippen molar-refractivity contribution in [3.8, 4) is 0 Å². The summed E-state index contributed by atoms with van der Waals surface area (Å²) in [5.74, 6) is 0.198. The first-order valence-corrected chi connectivity index (χ1v) is 9.07. The Morgan fingerprint density at radius 2 is 1.88 bits per heavy atom. The van der Waals surface area contributed by atoms with E-state index in [1.165, 1.54) is 11.3 Å². The zero-order valence-corrected chi connectivity index (χ0v) is 15.7. The fourth-order valence-electron chi connectivity index (χ4n) is 4.07. The average molecular weight is 347 g/mol. The molecular formula is C18H29N5O2. The molecule has 2 aliphatic rings. The van der Waals surface area contributed by atoms with Gasteiger partial charge in [-0.1, -0.05) is 6.92 Å². The Morgan fingerprint density at radius 1 is 1.20 bits per heavy atom. The first-order valence-electron chi connectivity index (χ1n) is 9.07. The molecule has 0 aliphatic carbocycles. The highest BCUT2D eigenvalue weighted by molar-refractivity contribution is 5.83. The van der Waals surface area contributed by atoms with Gasteiger partial charge in [-0.2, -0.15) is 5.10 Å². The van der Waals surface area contributed by atoms with Crippen LogP contribution in [0.1, 0.15) is 37.9 Å². The minimum absolute atomic E-state index is 0.0429. The molecule has 0 saturated carbocycles. The molecule has 0 spiro atoms. The minimum Gasteiger partial charge on any atom is -0.341 e. The Balaban J connectivity index is 1.65. The predicted octanol–water partition coefficient (Wildman–Crippen LogP) is 0.761. The van der Waals surface area contributed by atoms with Crippen molar-refractivity contribution in [2.45, 2.75) is 45.1 Å². The maximum absolute atomic E-state index is 13.0. The summed E-state index contributed by atoms with van der Waals surface area (Å²) in [5, 5.41) is 7.30. The summed E-state index contributed by atoms with van der Waals surface area (Å²) >= 11 is 0. The number of aromatic amines is 1. The lowest BCUT2D eigenvalue weighted by atomic mass is 9.76. The van der Waals surface area contributed by atoms with Crippen LogP contribution in [-0.4, -0.2) is 82.5 Å². The summed E-state index contributed by atoms with van der Waals surface area (Å²) in [6.45, 7) is 9.34. The fourth-order valence-corrected chi connectivity index (χ4v) is 4.07. The van der Waals surface area contributed by atoms with Crippen LogP contribution in [-0.2, 0) is 15.0 Å². The molecule has 7 nitrogen and oxygen atoms in total. The number of carbonyl (C=O) groups excluding carboxylic acids is 2. The molecule has 3 heterocycles. The molecule has 3 rings (SSSR count). The van der Waals surface area contributed by atoms with Gasteiger partial charge < -0.3 is 9.80 Å². The first kappa shape index (κ1) is 17.9. The molecule has 1 aromatic heterocycles. The lowest BCUT2D eigenvalue weighted by Crippen LogP contribution is -2.60. The van der Waals surface area contributed by atoms with Gasteiger partial charge in [0.25, 0.3) is 0 Å². The monoisotopic (exact) mass is 347 g/mol. The zero-order chi connectivity index (χ0) is 18.2. The van der Waals surface area contributed by atoms with Crippen LogP contribution in [0.5, 0.6) is 0 Å². The van der Waals surface area contributed by atoms with Crippen LogP contribution in [0.3, 0.4) is 0 Å². The molecule has 0 radical (unpaired) electrons. The van der Waals surface area contributed by atoms with Crippen molar-refractivity contribution in [1.82, 2.24) is 24.9 Å². The lowest BCUT2D eigenvalue weighted by Gasteiger charge is -2.44. The van der Waals surface area contributed by atoms with E-state index in [1.807, 2.05) is 18.1 Å². The van der Waals surface area contributed by atoms with Gasteiger partial charge >= 0.3 is 0 Å². The number of likely N-dealkylation sites (tertiary alicyclic amines) is 1. The van der Waals surface area contributed by atoms with Crippen molar-refractivity contribution in [1.29, 1.82) is 0 Å². The number of piperazine rings is 1. The Bertz CT molecular complexity index is 648. The fraction of sp³-hybridized carbons (Fsp3) is 0.722. The van der Waals surface area contributed by atoms with Crippen LogP contribution in [0.2, 0.25) is 0 Å².